The molecule has 8 heteroatoms. The molecule has 2 N–H and O–H groups in total. The lowest BCUT2D eigenvalue weighted by Gasteiger charge is -2.23. The highest BCUT2D eigenvalue weighted by Crippen LogP contribution is 2.44. The fraction of sp³-hybridized carbons (Fsp3) is 0.348. The first kappa shape index (κ1) is 22.7. The fourth-order valence-corrected chi connectivity index (χ4v) is 4.29. The molecule has 164 valence electrons. The van der Waals surface area contributed by atoms with Crippen molar-refractivity contribution < 1.29 is 24.2 Å². The molecule has 0 heterocycles. The SMILES string of the molecule is CSCCC(NC(=O)OCC1c2ccccc2-c2ccccc21)C(=O)N(C)CC(=O)O. The summed E-state index contributed by atoms with van der Waals surface area (Å²) in [5, 5.41) is 11.5. The van der Waals surface area contributed by atoms with Crippen molar-refractivity contribution >= 4 is 29.7 Å². The van der Waals surface area contributed by atoms with E-state index in [-0.39, 0.29) is 12.5 Å². The minimum atomic E-state index is -1.11. The third-order valence-corrected chi connectivity index (χ3v) is 5.94. The predicted octanol–water partition coefficient (Wildman–Crippen LogP) is 3.19. The number of benzene rings is 2. The Labute approximate surface area is 185 Å². The van der Waals surface area contributed by atoms with E-state index in [0.29, 0.717) is 12.2 Å². The summed E-state index contributed by atoms with van der Waals surface area (Å²) in [6.45, 7) is -0.283. The maximum absolute atomic E-state index is 12.6. The van der Waals surface area contributed by atoms with Gasteiger partial charge in [-0.1, -0.05) is 48.5 Å². The Hall–Kier alpha value is -3.00. The van der Waals surface area contributed by atoms with E-state index in [1.165, 1.54) is 18.8 Å². The van der Waals surface area contributed by atoms with Gasteiger partial charge in [0, 0.05) is 13.0 Å². The van der Waals surface area contributed by atoms with Crippen LogP contribution in [-0.2, 0) is 14.3 Å². The lowest BCUT2D eigenvalue weighted by molar-refractivity contribution is -0.144. The van der Waals surface area contributed by atoms with E-state index >= 15 is 0 Å². The Balaban J connectivity index is 1.66. The highest BCUT2D eigenvalue weighted by atomic mass is 32.2. The van der Waals surface area contributed by atoms with Crippen molar-refractivity contribution in [1.29, 1.82) is 0 Å². The maximum atomic E-state index is 12.6. The number of hydrogen-bond donors (Lipinski definition) is 2. The molecule has 0 saturated heterocycles. The minimum absolute atomic E-state index is 0.0758. The van der Waals surface area contributed by atoms with Crippen molar-refractivity contribution in [2.75, 3.05) is 32.2 Å². The number of ether oxygens (including phenoxy) is 1. The van der Waals surface area contributed by atoms with Crippen molar-refractivity contribution in [3.05, 3.63) is 59.7 Å². The number of hydrogen-bond acceptors (Lipinski definition) is 5. The quantitative estimate of drug-likeness (QED) is 0.619. The number of nitrogens with zero attached hydrogens (tertiary/aromatic N) is 1. The first-order valence-electron chi connectivity index (χ1n) is 9.99. The zero-order valence-electron chi connectivity index (χ0n) is 17.5. The predicted molar refractivity (Wildman–Crippen MR) is 120 cm³/mol. The summed E-state index contributed by atoms with van der Waals surface area (Å²) in [5.41, 5.74) is 4.48. The van der Waals surface area contributed by atoms with Crippen molar-refractivity contribution in [2.45, 2.75) is 18.4 Å². The number of thioether (sulfide) groups is 1. The highest BCUT2D eigenvalue weighted by molar-refractivity contribution is 7.98. The number of carbonyl (C=O) groups is 3. The molecule has 1 unspecified atom stereocenters. The average Bonchev–Trinajstić information content (AvgIpc) is 3.08. The molecule has 1 atom stereocenters. The molecule has 3 rings (SSSR count). The largest absolute Gasteiger partial charge is 0.480 e. The van der Waals surface area contributed by atoms with E-state index in [0.717, 1.165) is 27.2 Å². The maximum Gasteiger partial charge on any atom is 0.407 e. The lowest BCUT2D eigenvalue weighted by Crippen LogP contribution is -2.49. The van der Waals surface area contributed by atoms with E-state index in [1.807, 2.05) is 42.7 Å². The van der Waals surface area contributed by atoms with Crippen molar-refractivity contribution in [1.82, 2.24) is 10.2 Å². The Morgan fingerprint density at radius 2 is 1.68 bits per heavy atom. The first-order valence-corrected chi connectivity index (χ1v) is 11.4. The van der Waals surface area contributed by atoms with Crippen molar-refractivity contribution in [3.63, 3.8) is 0 Å². The Kier molecular flexibility index (Phi) is 7.57. The second kappa shape index (κ2) is 10.3. The van der Waals surface area contributed by atoms with Gasteiger partial charge in [-0.2, -0.15) is 11.8 Å². The van der Waals surface area contributed by atoms with Gasteiger partial charge < -0.3 is 20.1 Å². The number of fused-ring (bicyclic) bond motifs is 3. The summed E-state index contributed by atoms with van der Waals surface area (Å²) >= 11 is 1.54. The summed E-state index contributed by atoms with van der Waals surface area (Å²) in [6.07, 6.45) is 1.59. The lowest BCUT2D eigenvalue weighted by atomic mass is 9.98. The molecule has 2 aromatic carbocycles. The molecule has 2 aromatic rings. The van der Waals surface area contributed by atoms with E-state index in [4.69, 9.17) is 9.84 Å². The van der Waals surface area contributed by atoms with Gasteiger partial charge in [-0.25, -0.2) is 4.79 Å². The second-order valence-corrected chi connectivity index (χ2v) is 8.38. The molecule has 2 amide bonds. The molecule has 1 aliphatic rings. The topological polar surface area (TPSA) is 95.9 Å². The van der Waals surface area contributed by atoms with Gasteiger partial charge in [0.1, 0.15) is 19.2 Å². The molecular weight excluding hydrogens is 416 g/mol. The van der Waals surface area contributed by atoms with Gasteiger partial charge in [-0.3, -0.25) is 9.59 Å². The summed E-state index contributed by atoms with van der Waals surface area (Å²) in [6, 6.07) is 15.3. The number of carbonyl (C=O) groups excluding carboxylic acids is 2. The van der Waals surface area contributed by atoms with Gasteiger partial charge in [-0.05, 0) is 40.7 Å². The molecule has 0 radical (unpaired) electrons. The van der Waals surface area contributed by atoms with Crippen molar-refractivity contribution in [3.8, 4) is 11.1 Å². The van der Waals surface area contributed by atoms with Gasteiger partial charge in [0.05, 0.1) is 0 Å². The number of nitrogens with one attached hydrogen (secondary N) is 1. The van der Waals surface area contributed by atoms with Crippen LogP contribution in [0, 0.1) is 0 Å². The number of likely N-dealkylation sites (N-methyl/N-ethyl adjacent to an activating group) is 1. The number of carboxylic acids is 1. The first-order chi connectivity index (χ1) is 14.9. The van der Waals surface area contributed by atoms with Crippen LogP contribution in [-0.4, -0.2) is 66.2 Å². The van der Waals surface area contributed by atoms with Crippen LogP contribution in [0.2, 0.25) is 0 Å². The molecule has 1 aliphatic carbocycles. The van der Waals surface area contributed by atoms with Crippen LogP contribution in [0.1, 0.15) is 23.5 Å². The average molecular weight is 443 g/mol. The Morgan fingerprint density at radius 3 is 2.23 bits per heavy atom. The van der Waals surface area contributed by atoms with Gasteiger partial charge in [-0.15, -0.1) is 0 Å². The molecule has 0 spiro atoms. The summed E-state index contributed by atoms with van der Waals surface area (Å²) in [7, 11) is 1.40. The zero-order valence-corrected chi connectivity index (χ0v) is 18.4. The number of alkyl carbamates (subject to hydrolysis) is 1. The summed E-state index contributed by atoms with van der Waals surface area (Å²) < 4.78 is 5.52. The van der Waals surface area contributed by atoms with Gasteiger partial charge >= 0.3 is 12.1 Å². The molecular formula is C23H26N2O5S. The third kappa shape index (κ3) is 5.38. The second-order valence-electron chi connectivity index (χ2n) is 7.39. The number of amides is 2. The van der Waals surface area contributed by atoms with Crippen LogP contribution in [0.3, 0.4) is 0 Å². The molecule has 0 aliphatic heterocycles. The van der Waals surface area contributed by atoms with Crippen LogP contribution < -0.4 is 5.32 Å². The Morgan fingerprint density at radius 1 is 1.10 bits per heavy atom. The number of carboxylic acid groups (broad SMARTS) is 1. The van der Waals surface area contributed by atoms with Gasteiger partial charge in [0.2, 0.25) is 5.91 Å². The normalized spacial score (nSPS) is 13.1. The molecule has 0 bridgehead atoms. The smallest absolute Gasteiger partial charge is 0.407 e. The van der Waals surface area contributed by atoms with Gasteiger partial charge in [0.15, 0.2) is 0 Å². The summed E-state index contributed by atoms with van der Waals surface area (Å²) in [5.74, 6) is -1.00. The highest BCUT2D eigenvalue weighted by Gasteiger charge is 2.30. The molecule has 0 saturated carbocycles. The van der Waals surface area contributed by atoms with Crippen LogP contribution in [0.4, 0.5) is 4.79 Å². The van der Waals surface area contributed by atoms with Crippen LogP contribution >= 0.6 is 11.8 Å². The summed E-state index contributed by atoms with van der Waals surface area (Å²) in [4.78, 5) is 37.1. The van der Waals surface area contributed by atoms with Crippen LogP contribution in [0.25, 0.3) is 11.1 Å². The van der Waals surface area contributed by atoms with Crippen molar-refractivity contribution in [2.24, 2.45) is 0 Å². The van der Waals surface area contributed by atoms with E-state index in [1.54, 1.807) is 0 Å². The monoisotopic (exact) mass is 442 g/mol. The van der Waals surface area contributed by atoms with E-state index < -0.39 is 30.6 Å². The van der Waals surface area contributed by atoms with Gasteiger partial charge in [0.25, 0.3) is 0 Å². The zero-order chi connectivity index (χ0) is 22.4. The number of aliphatic carboxylic acids is 1. The van der Waals surface area contributed by atoms with E-state index in [9.17, 15) is 14.4 Å². The van der Waals surface area contributed by atoms with E-state index in [2.05, 4.69) is 17.4 Å². The van der Waals surface area contributed by atoms with Crippen LogP contribution in [0.5, 0.6) is 0 Å². The standard InChI is InChI=1S/C23H26N2O5S/c1-25(13-21(26)27)22(28)20(11-12-31-2)24-23(29)30-14-19-17-9-5-3-7-15(17)16-8-4-6-10-18(16)19/h3-10,19-20H,11-14H2,1-2H3,(H,24,29)(H,26,27). The minimum Gasteiger partial charge on any atom is -0.480 e. The molecule has 7 nitrogen and oxygen atoms in total. The Bertz CT molecular complexity index is 919. The molecule has 0 fully saturated rings. The number of rotatable bonds is 9. The fourth-order valence-electron chi connectivity index (χ4n) is 3.82. The molecule has 31 heavy (non-hydrogen) atoms. The van der Waals surface area contributed by atoms with Crippen LogP contribution in [0.15, 0.2) is 48.5 Å². The third-order valence-electron chi connectivity index (χ3n) is 5.29. The molecule has 0 aromatic heterocycles.